The van der Waals surface area contributed by atoms with E-state index in [1.54, 1.807) is 0 Å². The van der Waals surface area contributed by atoms with Crippen molar-refractivity contribution in [2.75, 3.05) is 12.0 Å². The molecule has 0 aliphatic carbocycles. The Morgan fingerprint density at radius 1 is 1.38 bits per heavy atom. The average Bonchev–Trinajstić information content (AvgIpc) is 2.03. The molecule has 0 aliphatic rings. The fourth-order valence-electron chi connectivity index (χ4n) is 0.633. The highest BCUT2D eigenvalue weighted by Crippen LogP contribution is 2.01. The summed E-state index contributed by atoms with van der Waals surface area (Å²) in [5, 5.41) is -1.06. The Balaban J connectivity index is 3.12. The summed E-state index contributed by atoms with van der Waals surface area (Å²) >= 11 is 0. The predicted molar refractivity (Wildman–Crippen MR) is 45.6 cm³/mol. The van der Waals surface area contributed by atoms with Crippen molar-refractivity contribution in [1.82, 2.24) is 9.97 Å². The molecule has 1 heterocycles. The molecule has 2 N–H and O–H groups in total. The van der Waals surface area contributed by atoms with Crippen molar-refractivity contribution in [3.63, 3.8) is 0 Å². The van der Waals surface area contributed by atoms with Crippen LogP contribution in [0.15, 0.2) is 12.4 Å². The van der Waals surface area contributed by atoms with Crippen LogP contribution in [0.4, 0.5) is 5.82 Å². The second kappa shape index (κ2) is 3.09. The van der Waals surface area contributed by atoms with E-state index in [1.165, 1.54) is 0 Å². The van der Waals surface area contributed by atoms with Gasteiger partial charge in [0.2, 0.25) is 9.84 Å². The Bertz CT molecular complexity index is 423. The lowest BCUT2D eigenvalue weighted by Gasteiger charge is -1.96. The van der Waals surface area contributed by atoms with Crippen molar-refractivity contribution in [3.8, 4) is 0 Å². The SMILES string of the molecule is CS(=O)(=O)C(=O)c1cnc(N)cn1. The minimum absolute atomic E-state index is 0.130. The van der Waals surface area contributed by atoms with E-state index in [1.807, 2.05) is 0 Å². The molecule has 0 bridgehead atoms. The molecule has 1 aromatic heterocycles. The first kappa shape index (κ1) is 9.59. The van der Waals surface area contributed by atoms with Gasteiger partial charge in [-0.05, 0) is 0 Å². The van der Waals surface area contributed by atoms with Crippen LogP contribution in [0.3, 0.4) is 0 Å². The molecule has 0 radical (unpaired) electrons. The quantitative estimate of drug-likeness (QED) is 0.640. The van der Waals surface area contributed by atoms with Crippen LogP contribution in [0.5, 0.6) is 0 Å². The van der Waals surface area contributed by atoms with Gasteiger partial charge in [-0.1, -0.05) is 0 Å². The zero-order chi connectivity index (χ0) is 10.1. The Kier molecular flexibility index (Phi) is 2.28. The van der Waals surface area contributed by atoms with Gasteiger partial charge in [-0.25, -0.2) is 18.4 Å². The summed E-state index contributed by atoms with van der Waals surface area (Å²) in [6.45, 7) is 0. The van der Waals surface area contributed by atoms with Crippen LogP contribution in [0.2, 0.25) is 0 Å². The van der Waals surface area contributed by atoms with Gasteiger partial charge >= 0.3 is 0 Å². The number of rotatable bonds is 1. The number of carbonyl (C=O) groups excluding carboxylic acids is 1. The zero-order valence-corrected chi connectivity index (χ0v) is 7.58. The van der Waals surface area contributed by atoms with E-state index in [-0.39, 0.29) is 11.5 Å². The monoisotopic (exact) mass is 201 g/mol. The Morgan fingerprint density at radius 3 is 2.38 bits per heavy atom. The molecule has 0 spiro atoms. The summed E-state index contributed by atoms with van der Waals surface area (Å²) in [4.78, 5) is 18.1. The molecule has 6 nitrogen and oxygen atoms in total. The first-order chi connectivity index (χ1) is 5.91. The molecule has 1 rings (SSSR count). The fraction of sp³-hybridized carbons (Fsp3) is 0.167. The largest absolute Gasteiger partial charge is 0.382 e. The number of nitrogen functional groups attached to an aromatic ring is 1. The number of aromatic nitrogens is 2. The summed E-state index contributed by atoms with van der Waals surface area (Å²) in [7, 11) is -3.75. The lowest BCUT2D eigenvalue weighted by Crippen LogP contribution is -2.14. The number of carbonyl (C=O) groups is 1. The fourth-order valence-corrected chi connectivity index (χ4v) is 1.12. The van der Waals surface area contributed by atoms with Gasteiger partial charge in [0.25, 0.3) is 5.12 Å². The molecule has 70 valence electrons. The minimum atomic E-state index is -3.75. The molecule has 0 saturated heterocycles. The summed E-state index contributed by atoms with van der Waals surface area (Å²) in [5.74, 6) is 0.130. The standard InChI is InChI=1S/C6H7N3O3S/c1-13(11,12)6(10)4-2-9-5(7)3-8-4/h2-3H,1H3,(H2,7,9). The van der Waals surface area contributed by atoms with Gasteiger partial charge < -0.3 is 5.73 Å². The molecule has 0 saturated carbocycles. The number of nitrogens with two attached hydrogens (primary N) is 1. The zero-order valence-electron chi connectivity index (χ0n) is 6.76. The number of nitrogens with zero attached hydrogens (tertiary/aromatic N) is 2. The van der Waals surface area contributed by atoms with Crippen molar-refractivity contribution >= 4 is 20.8 Å². The van der Waals surface area contributed by atoms with E-state index in [9.17, 15) is 13.2 Å². The summed E-state index contributed by atoms with van der Waals surface area (Å²) < 4.78 is 21.5. The molecule has 13 heavy (non-hydrogen) atoms. The number of hydrogen-bond acceptors (Lipinski definition) is 6. The number of sulfone groups is 1. The van der Waals surface area contributed by atoms with Crippen molar-refractivity contribution in [2.45, 2.75) is 0 Å². The van der Waals surface area contributed by atoms with Crippen molar-refractivity contribution in [1.29, 1.82) is 0 Å². The van der Waals surface area contributed by atoms with E-state index in [0.29, 0.717) is 0 Å². The van der Waals surface area contributed by atoms with Crippen LogP contribution >= 0.6 is 0 Å². The van der Waals surface area contributed by atoms with Crippen LogP contribution in [0.25, 0.3) is 0 Å². The molecule has 7 heteroatoms. The lowest BCUT2D eigenvalue weighted by atomic mass is 10.5. The third-order valence-electron chi connectivity index (χ3n) is 1.22. The maximum atomic E-state index is 11.0. The van der Waals surface area contributed by atoms with Crippen LogP contribution in [-0.2, 0) is 9.84 Å². The topological polar surface area (TPSA) is 103 Å². The van der Waals surface area contributed by atoms with Crippen LogP contribution in [0.1, 0.15) is 10.5 Å². The van der Waals surface area contributed by atoms with Gasteiger partial charge in [0.05, 0.1) is 12.4 Å². The molecule has 0 aliphatic heterocycles. The van der Waals surface area contributed by atoms with Gasteiger partial charge in [0.15, 0.2) is 0 Å². The van der Waals surface area contributed by atoms with E-state index in [4.69, 9.17) is 5.73 Å². The van der Waals surface area contributed by atoms with Crippen LogP contribution in [-0.4, -0.2) is 29.8 Å². The molecule has 0 unspecified atom stereocenters. The summed E-state index contributed by atoms with van der Waals surface area (Å²) in [5.41, 5.74) is 4.98. The molecule has 0 atom stereocenters. The lowest BCUT2D eigenvalue weighted by molar-refractivity contribution is 0.107. The molecule has 0 fully saturated rings. The molecular formula is C6H7N3O3S. The van der Waals surface area contributed by atoms with E-state index in [2.05, 4.69) is 9.97 Å². The Morgan fingerprint density at radius 2 is 2.00 bits per heavy atom. The highest BCUT2D eigenvalue weighted by molar-refractivity contribution is 8.06. The second-order valence-corrected chi connectivity index (χ2v) is 4.30. The molecular weight excluding hydrogens is 194 g/mol. The minimum Gasteiger partial charge on any atom is -0.382 e. The maximum absolute atomic E-state index is 11.0. The van der Waals surface area contributed by atoms with Crippen molar-refractivity contribution in [2.24, 2.45) is 0 Å². The van der Waals surface area contributed by atoms with E-state index >= 15 is 0 Å². The maximum Gasteiger partial charge on any atom is 0.296 e. The summed E-state index contributed by atoms with van der Waals surface area (Å²) in [6, 6.07) is 0. The third-order valence-corrected chi connectivity index (χ3v) is 2.10. The van der Waals surface area contributed by atoms with E-state index in [0.717, 1.165) is 18.6 Å². The van der Waals surface area contributed by atoms with Gasteiger partial charge in [0, 0.05) is 6.26 Å². The second-order valence-electron chi connectivity index (χ2n) is 2.39. The first-order valence-corrected chi connectivity index (χ1v) is 5.12. The smallest absolute Gasteiger partial charge is 0.296 e. The molecule has 0 aromatic carbocycles. The van der Waals surface area contributed by atoms with Crippen LogP contribution < -0.4 is 5.73 Å². The third kappa shape index (κ3) is 2.22. The predicted octanol–water partition coefficient (Wildman–Crippen LogP) is -0.756. The van der Waals surface area contributed by atoms with Gasteiger partial charge in [-0.3, -0.25) is 4.79 Å². The van der Waals surface area contributed by atoms with Crippen LogP contribution in [0, 0.1) is 0 Å². The van der Waals surface area contributed by atoms with Crippen molar-refractivity contribution in [3.05, 3.63) is 18.1 Å². The van der Waals surface area contributed by atoms with Gasteiger partial charge in [0.1, 0.15) is 11.5 Å². The van der Waals surface area contributed by atoms with Gasteiger partial charge in [-0.2, -0.15) is 0 Å². The average molecular weight is 201 g/mol. The molecule has 0 amide bonds. The van der Waals surface area contributed by atoms with E-state index < -0.39 is 15.0 Å². The van der Waals surface area contributed by atoms with Crippen molar-refractivity contribution < 1.29 is 13.2 Å². The first-order valence-electron chi connectivity index (χ1n) is 3.23. The highest BCUT2D eigenvalue weighted by Gasteiger charge is 2.19. The number of hydrogen-bond donors (Lipinski definition) is 1. The Hall–Kier alpha value is -1.50. The Labute approximate surface area is 74.7 Å². The normalized spacial score (nSPS) is 11.2. The highest BCUT2D eigenvalue weighted by atomic mass is 32.2. The summed E-state index contributed by atoms with van der Waals surface area (Å²) in [6.07, 6.45) is 2.96. The van der Waals surface area contributed by atoms with Gasteiger partial charge in [-0.15, -0.1) is 0 Å². The number of anilines is 1. The molecule has 1 aromatic rings.